The van der Waals surface area contributed by atoms with Crippen LogP contribution in [0.2, 0.25) is 0 Å². The molecule has 2 amide bonds. The monoisotopic (exact) mass is 554 g/mol. The summed E-state index contributed by atoms with van der Waals surface area (Å²) in [4.78, 5) is 40.8. The van der Waals surface area contributed by atoms with Gasteiger partial charge in [0.15, 0.2) is 0 Å². The Morgan fingerprint density at radius 2 is 1.93 bits per heavy atom. The van der Waals surface area contributed by atoms with Crippen LogP contribution in [0.1, 0.15) is 46.4 Å². The number of likely N-dealkylation sites (tertiary alicyclic amines) is 1. The van der Waals surface area contributed by atoms with Gasteiger partial charge in [-0.15, -0.1) is 0 Å². The van der Waals surface area contributed by atoms with Crippen molar-refractivity contribution in [2.24, 2.45) is 5.92 Å². The van der Waals surface area contributed by atoms with Crippen LogP contribution in [-0.4, -0.2) is 55.1 Å². The van der Waals surface area contributed by atoms with Gasteiger partial charge in [-0.25, -0.2) is 9.61 Å². The predicted molar refractivity (Wildman–Crippen MR) is 152 cm³/mol. The highest BCUT2D eigenvalue weighted by Gasteiger charge is 2.28. The Balaban J connectivity index is 1.14. The minimum Gasteiger partial charge on any atom is -0.379 e. The van der Waals surface area contributed by atoms with E-state index in [2.05, 4.69) is 45.8 Å². The van der Waals surface area contributed by atoms with Crippen molar-refractivity contribution in [2.45, 2.75) is 39.0 Å². The molecular formula is C28H30N10O3. The van der Waals surface area contributed by atoms with Crippen molar-refractivity contribution in [3.05, 3.63) is 65.2 Å². The van der Waals surface area contributed by atoms with Crippen LogP contribution in [0.4, 0.5) is 34.6 Å². The summed E-state index contributed by atoms with van der Waals surface area (Å²) in [6, 6.07) is 7.95. The van der Waals surface area contributed by atoms with E-state index in [4.69, 9.17) is 5.73 Å². The first kappa shape index (κ1) is 26.2. The second-order valence-corrected chi connectivity index (χ2v) is 10.4. The van der Waals surface area contributed by atoms with Crippen LogP contribution < -0.4 is 21.7 Å². The van der Waals surface area contributed by atoms with Gasteiger partial charge in [-0.2, -0.15) is 4.98 Å². The quantitative estimate of drug-likeness (QED) is 0.290. The van der Waals surface area contributed by atoms with Crippen LogP contribution >= 0.6 is 0 Å². The zero-order valence-corrected chi connectivity index (χ0v) is 22.6. The van der Waals surface area contributed by atoms with Crippen LogP contribution in [0.25, 0.3) is 0 Å². The Kier molecular flexibility index (Phi) is 7.15. The summed E-state index contributed by atoms with van der Waals surface area (Å²) in [6.07, 6.45) is 8.59. The molecule has 5 heterocycles. The van der Waals surface area contributed by atoms with Gasteiger partial charge in [0.05, 0.1) is 11.9 Å². The molecule has 6 rings (SSSR count). The molecule has 210 valence electrons. The average molecular weight is 555 g/mol. The summed E-state index contributed by atoms with van der Waals surface area (Å²) >= 11 is 0. The predicted octanol–water partition coefficient (Wildman–Crippen LogP) is 3.61. The molecule has 2 aliphatic heterocycles. The van der Waals surface area contributed by atoms with Gasteiger partial charge in [-0.1, -0.05) is 0 Å². The number of piperidine rings is 1. The van der Waals surface area contributed by atoms with Crippen LogP contribution in [0.5, 0.6) is 0 Å². The van der Waals surface area contributed by atoms with E-state index >= 15 is 0 Å². The standard InChI is InChI=1S/C28H30N10O3/c1-16-13-31-28-33-21-10-18(14-30-15-21)2-3-19-12-20(32-26(16)35-28)4-5-22(19)34-23(39)11-17-6-8-38(9-7-17)27(40)24-25(29)37-41-36-24/h4-5,10,12-15,17H,2-3,6-9,11H2,1H3,(H2,29,37)(H,34,39)(H2,31,32,33,35). The van der Waals surface area contributed by atoms with Crippen molar-refractivity contribution in [2.75, 3.05) is 34.8 Å². The molecule has 0 unspecified atom stereocenters. The first-order valence-electron chi connectivity index (χ1n) is 13.5. The molecule has 13 heteroatoms. The van der Waals surface area contributed by atoms with Gasteiger partial charge in [0.25, 0.3) is 5.91 Å². The molecule has 1 saturated heterocycles. The number of nitrogens with one attached hydrogen (secondary N) is 3. The van der Waals surface area contributed by atoms with Crippen LogP contribution in [0, 0.1) is 12.8 Å². The lowest BCUT2D eigenvalue weighted by Crippen LogP contribution is -2.39. The Hall–Kier alpha value is -5.07. The summed E-state index contributed by atoms with van der Waals surface area (Å²) in [5, 5.41) is 16.8. The van der Waals surface area contributed by atoms with Crippen molar-refractivity contribution >= 4 is 46.5 Å². The second-order valence-electron chi connectivity index (χ2n) is 10.4. The third kappa shape index (κ3) is 5.93. The molecule has 4 aromatic rings. The van der Waals surface area contributed by atoms with Crippen molar-refractivity contribution in [3.8, 4) is 0 Å². The third-order valence-corrected chi connectivity index (χ3v) is 7.44. The molecule has 2 aliphatic rings. The number of amides is 2. The molecular weight excluding hydrogens is 524 g/mol. The first-order valence-corrected chi connectivity index (χ1v) is 13.5. The summed E-state index contributed by atoms with van der Waals surface area (Å²) in [6.45, 7) is 2.98. The number of hydrogen-bond donors (Lipinski definition) is 4. The summed E-state index contributed by atoms with van der Waals surface area (Å²) < 4.78 is 4.55. The van der Waals surface area contributed by atoms with Crippen molar-refractivity contribution < 1.29 is 14.2 Å². The first-order chi connectivity index (χ1) is 19.9. The number of carbonyl (C=O) groups is 2. The van der Waals surface area contributed by atoms with Crippen LogP contribution in [0.3, 0.4) is 0 Å². The van der Waals surface area contributed by atoms with E-state index in [1.54, 1.807) is 17.3 Å². The number of aromatic nitrogens is 5. The maximum atomic E-state index is 13.1. The van der Waals surface area contributed by atoms with E-state index < -0.39 is 0 Å². The minimum absolute atomic E-state index is 0.0150. The van der Waals surface area contributed by atoms with E-state index in [1.807, 2.05) is 37.4 Å². The van der Waals surface area contributed by atoms with E-state index in [9.17, 15) is 9.59 Å². The lowest BCUT2D eigenvalue weighted by Gasteiger charge is -2.31. The second kappa shape index (κ2) is 11.2. The Morgan fingerprint density at radius 3 is 2.73 bits per heavy atom. The summed E-state index contributed by atoms with van der Waals surface area (Å²) in [5.74, 6) is 0.970. The van der Waals surface area contributed by atoms with E-state index in [0.29, 0.717) is 50.5 Å². The van der Waals surface area contributed by atoms with Gasteiger partial charge in [-0.3, -0.25) is 14.6 Å². The number of rotatable bonds is 4. The topological polar surface area (TPSA) is 177 Å². The highest BCUT2D eigenvalue weighted by atomic mass is 16.6. The molecule has 6 bridgehead atoms. The van der Waals surface area contributed by atoms with Gasteiger partial charge < -0.3 is 26.6 Å². The Morgan fingerprint density at radius 1 is 1.07 bits per heavy atom. The molecule has 0 atom stereocenters. The SMILES string of the molecule is Cc1cnc2nc1Nc1ccc(NC(=O)CC3CCN(C(=O)c4nonc4N)CC3)c(c1)CCc1cncc(c1)N2. The number of pyridine rings is 1. The lowest BCUT2D eigenvalue weighted by molar-refractivity contribution is -0.117. The molecule has 5 N–H and O–H groups in total. The molecule has 13 nitrogen and oxygen atoms in total. The molecule has 0 aliphatic carbocycles. The van der Waals surface area contributed by atoms with E-state index in [-0.39, 0.29) is 29.2 Å². The lowest BCUT2D eigenvalue weighted by atomic mass is 9.93. The normalized spacial score (nSPS) is 15.0. The van der Waals surface area contributed by atoms with Gasteiger partial charge >= 0.3 is 0 Å². The number of fused-ring (bicyclic) bond motifs is 6. The van der Waals surface area contributed by atoms with Crippen molar-refractivity contribution in [1.29, 1.82) is 0 Å². The van der Waals surface area contributed by atoms with E-state index in [0.717, 1.165) is 40.2 Å². The highest BCUT2D eigenvalue weighted by Crippen LogP contribution is 2.29. The number of nitrogens with two attached hydrogens (primary N) is 1. The molecule has 3 aromatic heterocycles. The van der Waals surface area contributed by atoms with Crippen molar-refractivity contribution in [3.63, 3.8) is 0 Å². The maximum Gasteiger partial charge on any atom is 0.280 e. The average Bonchev–Trinajstić information content (AvgIpc) is 3.40. The molecule has 1 aromatic carbocycles. The number of nitrogen functional groups attached to an aromatic ring is 1. The Bertz CT molecular complexity index is 1600. The minimum atomic E-state index is -0.301. The third-order valence-electron chi connectivity index (χ3n) is 7.44. The van der Waals surface area contributed by atoms with Gasteiger partial charge in [-0.05, 0) is 84.2 Å². The van der Waals surface area contributed by atoms with Crippen LogP contribution in [0.15, 0.2) is 47.5 Å². The maximum absolute atomic E-state index is 13.1. The summed E-state index contributed by atoms with van der Waals surface area (Å²) in [5.41, 5.74) is 11.1. The van der Waals surface area contributed by atoms with E-state index in [1.165, 1.54) is 0 Å². The fraction of sp³-hybridized carbons (Fsp3) is 0.321. The van der Waals surface area contributed by atoms with Crippen molar-refractivity contribution in [1.82, 2.24) is 30.2 Å². The zero-order chi connectivity index (χ0) is 28.3. The molecule has 1 fully saturated rings. The zero-order valence-electron chi connectivity index (χ0n) is 22.6. The number of nitrogens with zero attached hydrogens (tertiary/aromatic N) is 6. The Labute approximate surface area is 235 Å². The molecule has 41 heavy (non-hydrogen) atoms. The molecule has 0 radical (unpaired) electrons. The fourth-order valence-electron chi connectivity index (χ4n) is 5.16. The molecule has 0 spiro atoms. The largest absolute Gasteiger partial charge is 0.379 e. The fourth-order valence-corrected chi connectivity index (χ4v) is 5.16. The molecule has 0 saturated carbocycles. The number of anilines is 6. The smallest absolute Gasteiger partial charge is 0.280 e. The van der Waals surface area contributed by atoms with Gasteiger partial charge in [0.1, 0.15) is 5.82 Å². The number of aryl methyl sites for hydroxylation is 3. The number of benzene rings is 1. The van der Waals surface area contributed by atoms with Gasteiger partial charge in [0.2, 0.25) is 23.4 Å². The van der Waals surface area contributed by atoms with Crippen LogP contribution in [-0.2, 0) is 17.6 Å². The highest BCUT2D eigenvalue weighted by molar-refractivity contribution is 5.96. The van der Waals surface area contributed by atoms with Gasteiger partial charge in [0, 0.05) is 48.8 Å². The summed E-state index contributed by atoms with van der Waals surface area (Å²) in [7, 11) is 0. The number of carbonyl (C=O) groups excluding carboxylic acids is 2. The number of hydrogen-bond acceptors (Lipinski definition) is 11.